The monoisotopic (exact) mass is 282 g/mol. The van der Waals surface area contributed by atoms with E-state index in [1.165, 1.54) is 0 Å². The molecule has 0 aromatic heterocycles. The van der Waals surface area contributed by atoms with E-state index in [0.29, 0.717) is 0 Å². The third kappa shape index (κ3) is 1.63. The van der Waals surface area contributed by atoms with E-state index in [0.717, 1.165) is 38.7 Å². The molecule has 0 bridgehead atoms. The van der Waals surface area contributed by atoms with Crippen LogP contribution in [0.3, 0.4) is 0 Å². The second-order valence-corrected chi connectivity index (χ2v) is 7.38. The molecular formula is C15H26N2O3. The fourth-order valence-corrected chi connectivity index (χ4v) is 4.31. The first-order valence-corrected chi connectivity index (χ1v) is 7.71. The van der Waals surface area contributed by atoms with Gasteiger partial charge >= 0.3 is 0 Å². The largest absolute Gasteiger partial charge is 0.394 e. The van der Waals surface area contributed by atoms with E-state index in [1.54, 1.807) is 0 Å². The smallest absolute Gasteiger partial charge is 0.241 e. The number of nitrogens with two attached hydrogens (primary N) is 1. The van der Waals surface area contributed by atoms with E-state index >= 15 is 0 Å². The number of amides is 1. The number of aliphatic hydroxyl groups is 1. The lowest BCUT2D eigenvalue weighted by molar-refractivity contribution is -0.226. The van der Waals surface area contributed by atoms with Crippen LogP contribution < -0.4 is 11.1 Å². The third-order valence-corrected chi connectivity index (χ3v) is 6.05. The van der Waals surface area contributed by atoms with Gasteiger partial charge < -0.3 is 20.9 Å². The molecule has 5 nitrogen and oxygen atoms in total. The lowest BCUT2D eigenvalue weighted by Gasteiger charge is -2.65. The fourth-order valence-electron chi connectivity index (χ4n) is 4.31. The summed E-state index contributed by atoms with van der Waals surface area (Å²) < 4.78 is 5.83. The first-order valence-electron chi connectivity index (χ1n) is 7.71. The average molecular weight is 282 g/mol. The number of hydrogen-bond donors (Lipinski definition) is 3. The summed E-state index contributed by atoms with van der Waals surface area (Å²) in [5.74, 6) is -0.00920. The lowest BCUT2D eigenvalue weighted by Crippen LogP contribution is -2.83. The van der Waals surface area contributed by atoms with Gasteiger partial charge in [0.1, 0.15) is 5.54 Å². The van der Waals surface area contributed by atoms with Gasteiger partial charge in [0, 0.05) is 17.9 Å². The SMILES string of the molecule is CC1(C)C2OCCCC2C1(N)C(=O)NC1(CO)CCC1. The average Bonchev–Trinajstić information content (AvgIpc) is 2.41. The van der Waals surface area contributed by atoms with Gasteiger partial charge in [0.2, 0.25) is 5.91 Å². The van der Waals surface area contributed by atoms with Gasteiger partial charge in [-0.2, -0.15) is 0 Å². The van der Waals surface area contributed by atoms with Crippen molar-refractivity contribution in [3.05, 3.63) is 0 Å². The minimum atomic E-state index is -0.879. The number of carbonyl (C=O) groups excluding carboxylic acids is 1. The predicted octanol–water partition coefficient (Wildman–Crippen LogP) is 0.550. The van der Waals surface area contributed by atoms with Gasteiger partial charge in [-0.15, -0.1) is 0 Å². The van der Waals surface area contributed by atoms with Gasteiger partial charge in [-0.25, -0.2) is 0 Å². The second-order valence-electron chi connectivity index (χ2n) is 7.38. The standard InChI is InChI=1S/C15H26N2O3/c1-13(2)11-10(5-3-8-20-11)15(13,16)12(19)17-14(9-18)6-4-7-14/h10-11,18H,3-9,16H2,1-2H3,(H,17,19). The Labute approximate surface area is 120 Å². The van der Waals surface area contributed by atoms with E-state index in [9.17, 15) is 9.90 Å². The van der Waals surface area contributed by atoms with E-state index in [-0.39, 0.29) is 30.0 Å². The van der Waals surface area contributed by atoms with Crippen molar-refractivity contribution in [1.82, 2.24) is 5.32 Å². The molecule has 0 aromatic rings. The normalized spacial score (nSPS) is 41.0. The molecule has 1 aliphatic heterocycles. The molecule has 3 atom stereocenters. The van der Waals surface area contributed by atoms with Crippen molar-refractivity contribution in [2.45, 2.75) is 63.1 Å². The molecule has 1 heterocycles. The van der Waals surface area contributed by atoms with Crippen molar-refractivity contribution in [1.29, 1.82) is 0 Å². The van der Waals surface area contributed by atoms with E-state index in [2.05, 4.69) is 5.32 Å². The molecule has 1 amide bonds. The maximum Gasteiger partial charge on any atom is 0.241 e. The highest BCUT2D eigenvalue weighted by atomic mass is 16.5. The molecule has 20 heavy (non-hydrogen) atoms. The molecule has 3 aliphatic rings. The maximum atomic E-state index is 12.8. The highest BCUT2D eigenvalue weighted by Gasteiger charge is 2.70. The minimum Gasteiger partial charge on any atom is -0.394 e. The summed E-state index contributed by atoms with van der Waals surface area (Å²) in [5.41, 5.74) is 4.88. The number of nitrogens with one attached hydrogen (secondary N) is 1. The van der Waals surface area contributed by atoms with Crippen LogP contribution in [0.25, 0.3) is 0 Å². The van der Waals surface area contributed by atoms with Crippen molar-refractivity contribution < 1.29 is 14.6 Å². The molecule has 0 aromatic carbocycles. The Morgan fingerprint density at radius 1 is 1.40 bits per heavy atom. The van der Waals surface area contributed by atoms with Crippen molar-refractivity contribution in [2.24, 2.45) is 17.1 Å². The number of rotatable bonds is 3. The molecule has 2 saturated carbocycles. The highest BCUT2D eigenvalue weighted by molar-refractivity contribution is 5.90. The molecule has 3 unspecified atom stereocenters. The van der Waals surface area contributed by atoms with Gasteiger partial charge in [-0.3, -0.25) is 4.79 Å². The zero-order valence-electron chi connectivity index (χ0n) is 12.4. The second kappa shape index (κ2) is 4.42. The molecular weight excluding hydrogens is 256 g/mol. The van der Waals surface area contributed by atoms with Gasteiger partial charge in [0.15, 0.2) is 0 Å². The molecule has 2 aliphatic carbocycles. The van der Waals surface area contributed by atoms with Crippen LogP contribution in [0.15, 0.2) is 0 Å². The van der Waals surface area contributed by atoms with Gasteiger partial charge in [-0.1, -0.05) is 13.8 Å². The number of fused-ring (bicyclic) bond motifs is 1. The van der Waals surface area contributed by atoms with Gasteiger partial charge in [0.25, 0.3) is 0 Å². The molecule has 1 saturated heterocycles. The van der Waals surface area contributed by atoms with Crippen LogP contribution in [0.5, 0.6) is 0 Å². The van der Waals surface area contributed by atoms with Gasteiger partial charge in [-0.05, 0) is 32.1 Å². The number of carbonyl (C=O) groups is 1. The lowest BCUT2D eigenvalue weighted by atomic mass is 9.46. The Balaban J connectivity index is 1.79. The van der Waals surface area contributed by atoms with Crippen LogP contribution in [0.2, 0.25) is 0 Å². The predicted molar refractivity (Wildman–Crippen MR) is 75.0 cm³/mol. The van der Waals surface area contributed by atoms with Crippen molar-refractivity contribution in [2.75, 3.05) is 13.2 Å². The summed E-state index contributed by atoms with van der Waals surface area (Å²) in [4.78, 5) is 12.8. The van der Waals surface area contributed by atoms with Crippen LogP contribution in [0.4, 0.5) is 0 Å². The van der Waals surface area contributed by atoms with Crippen molar-refractivity contribution in [3.8, 4) is 0 Å². The van der Waals surface area contributed by atoms with Crippen LogP contribution in [0, 0.1) is 11.3 Å². The number of aliphatic hydroxyl groups excluding tert-OH is 1. The maximum absolute atomic E-state index is 12.8. The van der Waals surface area contributed by atoms with Crippen LogP contribution >= 0.6 is 0 Å². The minimum absolute atomic E-state index is 0.000155. The zero-order chi connectivity index (χ0) is 14.6. The first kappa shape index (κ1) is 14.3. The van der Waals surface area contributed by atoms with Crippen LogP contribution in [-0.4, -0.2) is 41.4 Å². The zero-order valence-corrected chi connectivity index (χ0v) is 12.4. The van der Waals surface area contributed by atoms with Gasteiger partial charge in [0.05, 0.1) is 18.2 Å². The summed E-state index contributed by atoms with van der Waals surface area (Å²) in [7, 11) is 0. The Bertz CT molecular complexity index is 414. The Morgan fingerprint density at radius 3 is 2.65 bits per heavy atom. The molecule has 0 radical (unpaired) electrons. The summed E-state index contributed by atoms with van der Waals surface area (Å²) in [6.45, 7) is 4.81. The Morgan fingerprint density at radius 2 is 2.10 bits per heavy atom. The molecule has 0 spiro atoms. The summed E-state index contributed by atoms with van der Waals surface area (Å²) in [5, 5.41) is 12.6. The third-order valence-electron chi connectivity index (χ3n) is 6.05. The van der Waals surface area contributed by atoms with Crippen molar-refractivity contribution >= 4 is 5.91 Å². The molecule has 3 fully saturated rings. The summed E-state index contributed by atoms with van der Waals surface area (Å²) in [6.07, 6.45) is 4.74. The fraction of sp³-hybridized carbons (Fsp3) is 0.933. The highest BCUT2D eigenvalue weighted by Crippen LogP contribution is 2.57. The molecule has 5 heteroatoms. The van der Waals surface area contributed by atoms with E-state index < -0.39 is 11.1 Å². The molecule has 114 valence electrons. The number of hydrogen-bond acceptors (Lipinski definition) is 4. The quantitative estimate of drug-likeness (QED) is 0.706. The van der Waals surface area contributed by atoms with Crippen molar-refractivity contribution in [3.63, 3.8) is 0 Å². The summed E-state index contributed by atoms with van der Waals surface area (Å²) >= 11 is 0. The van der Waals surface area contributed by atoms with Crippen LogP contribution in [0.1, 0.15) is 46.0 Å². The van der Waals surface area contributed by atoms with E-state index in [1.807, 2.05) is 13.8 Å². The topological polar surface area (TPSA) is 84.6 Å². The van der Waals surface area contributed by atoms with Crippen LogP contribution in [-0.2, 0) is 9.53 Å². The Hall–Kier alpha value is -0.650. The molecule has 3 rings (SSSR count). The Kier molecular flexibility index (Phi) is 3.16. The number of ether oxygens (including phenoxy) is 1. The molecule has 4 N–H and O–H groups in total. The van der Waals surface area contributed by atoms with E-state index in [4.69, 9.17) is 10.5 Å². The summed E-state index contributed by atoms with van der Waals surface area (Å²) in [6, 6.07) is 0. The first-order chi connectivity index (χ1) is 9.37.